The SMILES string of the molecule is NC(=O)c1ccccc1OS(=O)(=O)c1ccc2c(c1)OCCCO2. The molecule has 1 heterocycles. The molecule has 0 atom stereocenters. The monoisotopic (exact) mass is 349 g/mol. The highest BCUT2D eigenvalue weighted by molar-refractivity contribution is 7.87. The second-order valence-electron chi connectivity index (χ2n) is 5.06. The normalized spacial score (nSPS) is 13.8. The highest BCUT2D eigenvalue weighted by Crippen LogP contribution is 2.33. The summed E-state index contributed by atoms with van der Waals surface area (Å²) in [5, 5.41) is 0. The van der Waals surface area contributed by atoms with Crippen LogP contribution in [0.3, 0.4) is 0 Å². The Labute approximate surface area is 139 Å². The van der Waals surface area contributed by atoms with E-state index < -0.39 is 16.0 Å². The van der Waals surface area contributed by atoms with Crippen LogP contribution in [0.2, 0.25) is 0 Å². The number of rotatable bonds is 4. The van der Waals surface area contributed by atoms with Crippen molar-refractivity contribution in [3.8, 4) is 17.2 Å². The van der Waals surface area contributed by atoms with Gasteiger partial charge in [-0.3, -0.25) is 4.79 Å². The highest BCUT2D eigenvalue weighted by atomic mass is 32.2. The fourth-order valence-electron chi connectivity index (χ4n) is 2.21. The molecule has 0 bridgehead atoms. The number of carbonyl (C=O) groups excluding carboxylic acids is 1. The van der Waals surface area contributed by atoms with Crippen LogP contribution >= 0.6 is 0 Å². The molecule has 8 heteroatoms. The van der Waals surface area contributed by atoms with Gasteiger partial charge in [-0.1, -0.05) is 12.1 Å². The van der Waals surface area contributed by atoms with E-state index in [-0.39, 0.29) is 16.2 Å². The Balaban J connectivity index is 1.94. The molecular formula is C16H15NO6S. The lowest BCUT2D eigenvalue weighted by Crippen LogP contribution is -2.16. The van der Waals surface area contributed by atoms with Crippen molar-refractivity contribution in [2.75, 3.05) is 13.2 Å². The Morgan fingerprint density at radius 1 is 1.04 bits per heavy atom. The third kappa shape index (κ3) is 3.28. The average molecular weight is 349 g/mol. The van der Waals surface area contributed by atoms with E-state index in [9.17, 15) is 13.2 Å². The number of nitrogens with two attached hydrogens (primary N) is 1. The standard InChI is InChI=1S/C16H15NO6S/c17-16(18)12-4-1-2-5-13(12)23-24(19,20)11-6-7-14-15(10-11)22-9-3-8-21-14/h1-2,4-7,10H,3,8-9H2,(H2,17,18). The number of hydrogen-bond acceptors (Lipinski definition) is 6. The van der Waals surface area contributed by atoms with Gasteiger partial charge in [-0.2, -0.15) is 8.42 Å². The maximum Gasteiger partial charge on any atom is 0.339 e. The van der Waals surface area contributed by atoms with Gasteiger partial charge in [0.15, 0.2) is 17.2 Å². The second-order valence-corrected chi connectivity index (χ2v) is 6.60. The summed E-state index contributed by atoms with van der Waals surface area (Å²) in [6.07, 6.45) is 0.708. The van der Waals surface area contributed by atoms with E-state index in [2.05, 4.69) is 0 Å². The second kappa shape index (κ2) is 6.40. The molecule has 2 N–H and O–H groups in total. The summed E-state index contributed by atoms with van der Waals surface area (Å²) in [5.41, 5.74) is 5.21. The van der Waals surface area contributed by atoms with Gasteiger partial charge in [-0.15, -0.1) is 0 Å². The van der Waals surface area contributed by atoms with Crippen LogP contribution in [0.15, 0.2) is 47.4 Å². The Kier molecular flexibility index (Phi) is 4.30. The Hall–Kier alpha value is -2.74. The lowest BCUT2D eigenvalue weighted by Gasteiger charge is -2.12. The summed E-state index contributed by atoms with van der Waals surface area (Å²) >= 11 is 0. The minimum absolute atomic E-state index is 0.0181. The summed E-state index contributed by atoms with van der Waals surface area (Å²) < 4.78 is 41.0. The number of primary amides is 1. The van der Waals surface area contributed by atoms with Gasteiger partial charge in [0.25, 0.3) is 5.91 Å². The predicted octanol–water partition coefficient (Wildman–Crippen LogP) is 1.71. The van der Waals surface area contributed by atoms with E-state index in [4.69, 9.17) is 19.4 Å². The van der Waals surface area contributed by atoms with Crippen molar-refractivity contribution in [2.45, 2.75) is 11.3 Å². The van der Waals surface area contributed by atoms with Crippen molar-refractivity contribution in [1.29, 1.82) is 0 Å². The lowest BCUT2D eigenvalue weighted by molar-refractivity contribution is 0.0999. The Morgan fingerprint density at radius 3 is 2.50 bits per heavy atom. The molecule has 0 unspecified atom stereocenters. The molecule has 0 saturated heterocycles. The number of amides is 1. The zero-order valence-electron chi connectivity index (χ0n) is 12.6. The molecule has 0 saturated carbocycles. The molecule has 0 radical (unpaired) electrons. The first kappa shape index (κ1) is 16.1. The molecule has 1 aliphatic heterocycles. The first-order valence-corrected chi connectivity index (χ1v) is 8.61. The van der Waals surface area contributed by atoms with Crippen LogP contribution in [0, 0.1) is 0 Å². The third-order valence-corrected chi connectivity index (χ3v) is 4.59. The maximum absolute atomic E-state index is 12.5. The van der Waals surface area contributed by atoms with E-state index in [1.165, 1.54) is 30.3 Å². The van der Waals surface area contributed by atoms with Crippen molar-refractivity contribution in [3.63, 3.8) is 0 Å². The molecule has 0 fully saturated rings. The summed E-state index contributed by atoms with van der Waals surface area (Å²) in [6, 6.07) is 10.1. The fraction of sp³-hybridized carbons (Fsp3) is 0.188. The van der Waals surface area contributed by atoms with E-state index in [0.29, 0.717) is 31.1 Å². The number of benzene rings is 2. The predicted molar refractivity (Wildman–Crippen MR) is 84.8 cm³/mol. The van der Waals surface area contributed by atoms with Gasteiger partial charge >= 0.3 is 10.1 Å². The zero-order valence-corrected chi connectivity index (χ0v) is 13.4. The van der Waals surface area contributed by atoms with Crippen LogP contribution in [0.4, 0.5) is 0 Å². The topological polar surface area (TPSA) is 105 Å². The van der Waals surface area contributed by atoms with Gasteiger partial charge in [0.2, 0.25) is 0 Å². The maximum atomic E-state index is 12.5. The van der Waals surface area contributed by atoms with Crippen LogP contribution in [-0.4, -0.2) is 27.5 Å². The fourth-order valence-corrected chi connectivity index (χ4v) is 3.17. The quantitative estimate of drug-likeness (QED) is 0.843. The summed E-state index contributed by atoms with van der Waals surface area (Å²) in [7, 11) is -4.16. The van der Waals surface area contributed by atoms with Crippen LogP contribution < -0.4 is 19.4 Å². The summed E-state index contributed by atoms with van der Waals surface area (Å²) in [4.78, 5) is 11.3. The third-order valence-electron chi connectivity index (χ3n) is 3.36. The molecule has 2 aromatic rings. The van der Waals surface area contributed by atoms with E-state index >= 15 is 0 Å². The molecular weight excluding hydrogens is 334 g/mol. The number of ether oxygens (including phenoxy) is 2. The van der Waals surface area contributed by atoms with Crippen molar-refractivity contribution < 1.29 is 26.9 Å². The van der Waals surface area contributed by atoms with Crippen molar-refractivity contribution in [3.05, 3.63) is 48.0 Å². The molecule has 3 rings (SSSR count). The highest BCUT2D eigenvalue weighted by Gasteiger charge is 2.22. The van der Waals surface area contributed by atoms with E-state index in [0.717, 1.165) is 0 Å². The zero-order chi connectivity index (χ0) is 17.2. The van der Waals surface area contributed by atoms with Gasteiger partial charge in [-0.25, -0.2) is 0 Å². The summed E-state index contributed by atoms with van der Waals surface area (Å²) in [5.74, 6) is -0.0964. The molecule has 7 nitrogen and oxygen atoms in total. The average Bonchev–Trinajstić information content (AvgIpc) is 2.79. The molecule has 0 aromatic heterocycles. The number of carbonyl (C=O) groups is 1. The van der Waals surface area contributed by atoms with Gasteiger partial charge in [0, 0.05) is 12.5 Å². The molecule has 1 amide bonds. The van der Waals surface area contributed by atoms with Gasteiger partial charge < -0.3 is 19.4 Å². The number of fused-ring (bicyclic) bond motifs is 1. The first-order chi connectivity index (χ1) is 11.5. The van der Waals surface area contributed by atoms with Gasteiger partial charge in [0.05, 0.1) is 18.8 Å². The minimum Gasteiger partial charge on any atom is -0.490 e. The molecule has 24 heavy (non-hydrogen) atoms. The largest absolute Gasteiger partial charge is 0.490 e. The van der Waals surface area contributed by atoms with E-state index in [1.807, 2.05) is 0 Å². The van der Waals surface area contributed by atoms with E-state index in [1.54, 1.807) is 12.1 Å². The lowest BCUT2D eigenvalue weighted by atomic mass is 10.2. The van der Waals surface area contributed by atoms with Crippen molar-refractivity contribution in [1.82, 2.24) is 0 Å². The van der Waals surface area contributed by atoms with Crippen LogP contribution in [0.25, 0.3) is 0 Å². The first-order valence-electron chi connectivity index (χ1n) is 7.20. The molecule has 0 aliphatic carbocycles. The molecule has 0 spiro atoms. The molecule has 2 aromatic carbocycles. The van der Waals surface area contributed by atoms with Gasteiger partial charge in [0.1, 0.15) is 4.90 Å². The number of hydrogen-bond donors (Lipinski definition) is 1. The van der Waals surface area contributed by atoms with Crippen LogP contribution in [0.1, 0.15) is 16.8 Å². The van der Waals surface area contributed by atoms with Crippen LogP contribution in [-0.2, 0) is 10.1 Å². The van der Waals surface area contributed by atoms with Crippen molar-refractivity contribution >= 4 is 16.0 Å². The van der Waals surface area contributed by atoms with Crippen LogP contribution in [0.5, 0.6) is 17.2 Å². The smallest absolute Gasteiger partial charge is 0.339 e. The number of para-hydroxylation sites is 1. The Bertz CT molecular complexity index is 878. The molecule has 1 aliphatic rings. The summed E-state index contributed by atoms with van der Waals surface area (Å²) in [6.45, 7) is 0.934. The molecule has 126 valence electrons. The van der Waals surface area contributed by atoms with Crippen molar-refractivity contribution in [2.24, 2.45) is 5.73 Å². The minimum atomic E-state index is -4.16. The Morgan fingerprint density at radius 2 is 1.75 bits per heavy atom. The van der Waals surface area contributed by atoms with Gasteiger partial charge in [-0.05, 0) is 24.3 Å².